The van der Waals surface area contributed by atoms with Crippen molar-refractivity contribution < 1.29 is 9.29 Å². The standard InChI is InChI=1S/C16H17N3O2S/c1-3-8-21-15-9-11(22(2)20)4-5-12(15)16-18-13-6-7-17-10-14(13)19-16/h4-7,9-10H,3,8H2,1-2H3,(H,18,19). The van der Waals surface area contributed by atoms with Gasteiger partial charge >= 0.3 is 0 Å². The Labute approximate surface area is 131 Å². The number of aromatic nitrogens is 3. The number of fused-ring (bicyclic) bond motifs is 1. The zero-order chi connectivity index (χ0) is 15.5. The summed E-state index contributed by atoms with van der Waals surface area (Å²) in [4.78, 5) is 12.6. The van der Waals surface area contributed by atoms with Crippen molar-refractivity contribution in [3.63, 3.8) is 0 Å². The molecule has 2 aromatic heterocycles. The summed E-state index contributed by atoms with van der Waals surface area (Å²) in [5, 5.41) is 0. The normalized spacial score (nSPS) is 12.5. The minimum atomic E-state index is -1.04. The molecular weight excluding hydrogens is 298 g/mol. The molecule has 0 aliphatic heterocycles. The van der Waals surface area contributed by atoms with Gasteiger partial charge in [-0.15, -0.1) is 0 Å². The SMILES string of the molecule is CCCOc1cc([S+](C)[O-])ccc1-c1nc2cnccc2[nH]1. The Morgan fingerprint density at radius 2 is 2.18 bits per heavy atom. The van der Waals surface area contributed by atoms with Crippen LogP contribution in [0.25, 0.3) is 22.4 Å². The summed E-state index contributed by atoms with van der Waals surface area (Å²) in [5.74, 6) is 1.42. The molecule has 1 aromatic carbocycles. The first-order chi connectivity index (χ1) is 10.7. The summed E-state index contributed by atoms with van der Waals surface area (Å²) in [5.41, 5.74) is 2.59. The lowest BCUT2D eigenvalue weighted by atomic mass is 10.2. The molecule has 3 aromatic rings. The van der Waals surface area contributed by atoms with Gasteiger partial charge in [-0.3, -0.25) is 4.98 Å². The fourth-order valence-corrected chi connectivity index (χ4v) is 2.73. The van der Waals surface area contributed by atoms with E-state index in [1.165, 1.54) is 0 Å². The topological polar surface area (TPSA) is 73.9 Å². The largest absolute Gasteiger partial charge is 0.612 e. The summed E-state index contributed by atoms with van der Waals surface area (Å²) in [6.07, 6.45) is 6.01. The molecule has 3 rings (SSSR count). The van der Waals surface area contributed by atoms with Gasteiger partial charge in [0, 0.05) is 12.3 Å². The van der Waals surface area contributed by atoms with E-state index < -0.39 is 11.2 Å². The van der Waals surface area contributed by atoms with Crippen LogP contribution < -0.4 is 4.74 Å². The summed E-state index contributed by atoms with van der Waals surface area (Å²) in [6.45, 7) is 2.66. The van der Waals surface area contributed by atoms with Crippen molar-refractivity contribution in [3.05, 3.63) is 36.7 Å². The molecule has 0 bridgehead atoms. The fraction of sp³-hybridized carbons (Fsp3) is 0.250. The predicted octanol–water partition coefficient (Wildman–Crippen LogP) is 3.15. The Kier molecular flexibility index (Phi) is 4.31. The Bertz CT molecular complexity index is 753. The number of ether oxygens (including phenoxy) is 1. The van der Waals surface area contributed by atoms with E-state index in [0.717, 1.165) is 33.7 Å². The average Bonchev–Trinajstić information content (AvgIpc) is 2.96. The monoisotopic (exact) mass is 315 g/mol. The summed E-state index contributed by atoms with van der Waals surface area (Å²) in [7, 11) is 0. The van der Waals surface area contributed by atoms with Crippen molar-refractivity contribution in [1.29, 1.82) is 0 Å². The number of benzene rings is 1. The van der Waals surface area contributed by atoms with Crippen molar-refractivity contribution in [2.75, 3.05) is 12.9 Å². The maximum absolute atomic E-state index is 11.7. The van der Waals surface area contributed by atoms with Crippen LogP contribution in [-0.4, -0.2) is 32.4 Å². The predicted molar refractivity (Wildman–Crippen MR) is 87.4 cm³/mol. The Balaban J connectivity index is 2.07. The molecule has 0 saturated carbocycles. The zero-order valence-corrected chi connectivity index (χ0v) is 13.3. The molecule has 0 aliphatic carbocycles. The van der Waals surface area contributed by atoms with Crippen molar-refractivity contribution in [2.24, 2.45) is 0 Å². The number of rotatable bonds is 5. The molecule has 1 unspecified atom stereocenters. The van der Waals surface area contributed by atoms with Crippen LogP contribution in [0.15, 0.2) is 41.6 Å². The number of aromatic amines is 1. The van der Waals surface area contributed by atoms with Gasteiger partial charge in [-0.05, 0) is 35.8 Å². The van der Waals surface area contributed by atoms with Crippen LogP contribution in [0.2, 0.25) is 0 Å². The number of hydrogen-bond donors (Lipinski definition) is 1. The molecule has 114 valence electrons. The lowest BCUT2D eigenvalue weighted by Crippen LogP contribution is -2.02. The van der Waals surface area contributed by atoms with E-state index in [-0.39, 0.29) is 0 Å². The quantitative estimate of drug-likeness (QED) is 0.734. The average molecular weight is 315 g/mol. The molecule has 0 spiro atoms. The van der Waals surface area contributed by atoms with Gasteiger partial charge in [0.05, 0.1) is 23.9 Å². The van der Waals surface area contributed by atoms with Crippen LogP contribution in [0.5, 0.6) is 5.75 Å². The van der Waals surface area contributed by atoms with E-state index >= 15 is 0 Å². The van der Waals surface area contributed by atoms with E-state index in [4.69, 9.17) is 4.74 Å². The minimum Gasteiger partial charge on any atom is -0.612 e. The molecular formula is C16H17N3O2S. The lowest BCUT2D eigenvalue weighted by Gasteiger charge is -2.11. The Hall–Kier alpha value is -2.05. The highest BCUT2D eigenvalue weighted by molar-refractivity contribution is 7.90. The molecule has 0 saturated heterocycles. The second-order valence-electron chi connectivity index (χ2n) is 4.94. The van der Waals surface area contributed by atoms with Gasteiger partial charge in [0.1, 0.15) is 23.3 Å². The smallest absolute Gasteiger partial charge is 0.156 e. The van der Waals surface area contributed by atoms with Gasteiger partial charge in [0.25, 0.3) is 0 Å². The number of imidazole rings is 1. The maximum atomic E-state index is 11.7. The van der Waals surface area contributed by atoms with Crippen molar-refractivity contribution >= 4 is 22.2 Å². The zero-order valence-electron chi connectivity index (χ0n) is 12.5. The molecule has 0 amide bonds. The van der Waals surface area contributed by atoms with Crippen LogP contribution in [-0.2, 0) is 11.2 Å². The molecule has 1 atom stereocenters. The second-order valence-corrected chi connectivity index (χ2v) is 6.32. The summed E-state index contributed by atoms with van der Waals surface area (Å²) < 4.78 is 17.5. The first-order valence-electron chi connectivity index (χ1n) is 7.09. The van der Waals surface area contributed by atoms with Gasteiger partial charge in [0.2, 0.25) is 0 Å². The van der Waals surface area contributed by atoms with Crippen LogP contribution in [0.4, 0.5) is 0 Å². The first-order valence-corrected chi connectivity index (χ1v) is 8.65. The van der Waals surface area contributed by atoms with Crippen molar-refractivity contribution in [2.45, 2.75) is 18.2 Å². The molecule has 1 N–H and O–H groups in total. The molecule has 0 fully saturated rings. The second kappa shape index (κ2) is 6.37. The molecule has 22 heavy (non-hydrogen) atoms. The third-order valence-corrected chi connectivity index (χ3v) is 4.20. The first kappa shape index (κ1) is 14.9. The number of nitrogens with zero attached hydrogens (tertiary/aromatic N) is 2. The van der Waals surface area contributed by atoms with Crippen LogP contribution in [0, 0.1) is 0 Å². The highest BCUT2D eigenvalue weighted by Gasteiger charge is 2.15. The van der Waals surface area contributed by atoms with Crippen LogP contribution in [0.1, 0.15) is 13.3 Å². The van der Waals surface area contributed by atoms with E-state index in [9.17, 15) is 4.55 Å². The number of hydrogen-bond acceptors (Lipinski definition) is 4. The van der Waals surface area contributed by atoms with Gasteiger partial charge in [-0.1, -0.05) is 6.92 Å². The number of H-pyrrole nitrogens is 1. The van der Waals surface area contributed by atoms with E-state index in [2.05, 4.69) is 15.0 Å². The summed E-state index contributed by atoms with van der Waals surface area (Å²) >= 11 is -1.04. The van der Waals surface area contributed by atoms with Gasteiger partial charge in [-0.2, -0.15) is 0 Å². The Morgan fingerprint density at radius 3 is 2.91 bits per heavy atom. The van der Waals surface area contributed by atoms with Crippen LogP contribution in [0.3, 0.4) is 0 Å². The molecule has 6 heteroatoms. The molecule has 0 aliphatic rings. The van der Waals surface area contributed by atoms with Crippen molar-refractivity contribution in [1.82, 2.24) is 15.0 Å². The molecule has 0 radical (unpaired) electrons. The van der Waals surface area contributed by atoms with E-state index in [0.29, 0.717) is 12.4 Å². The summed E-state index contributed by atoms with van der Waals surface area (Å²) in [6, 6.07) is 7.45. The molecule has 5 nitrogen and oxygen atoms in total. The van der Waals surface area contributed by atoms with Crippen LogP contribution >= 0.6 is 0 Å². The lowest BCUT2D eigenvalue weighted by molar-refractivity contribution is 0.318. The third-order valence-electron chi connectivity index (χ3n) is 3.29. The van der Waals surface area contributed by atoms with Crippen molar-refractivity contribution in [3.8, 4) is 17.1 Å². The van der Waals surface area contributed by atoms with Gasteiger partial charge in [-0.25, -0.2) is 4.98 Å². The fourth-order valence-electron chi connectivity index (χ4n) is 2.19. The third kappa shape index (κ3) is 2.93. The van der Waals surface area contributed by atoms with E-state index in [1.807, 2.05) is 31.2 Å². The van der Waals surface area contributed by atoms with Gasteiger partial charge in [0.15, 0.2) is 4.90 Å². The highest BCUT2D eigenvalue weighted by Crippen LogP contribution is 2.32. The van der Waals surface area contributed by atoms with E-state index in [1.54, 1.807) is 18.6 Å². The minimum absolute atomic E-state index is 0.606. The number of pyridine rings is 1. The Morgan fingerprint density at radius 1 is 1.32 bits per heavy atom. The number of nitrogens with one attached hydrogen (secondary N) is 1. The molecule has 2 heterocycles. The van der Waals surface area contributed by atoms with Gasteiger partial charge < -0.3 is 14.3 Å². The maximum Gasteiger partial charge on any atom is 0.156 e. The highest BCUT2D eigenvalue weighted by atomic mass is 32.2.